The van der Waals surface area contributed by atoms with Crippen molar-refractivity contribution in [1.82, 2.24) is 13.5 Å². The summed E-state index contributed by atoms with van der Waals surface area (Å²) in [6.45, 7) is 0. The first-order valence-electron chi connectivity index (χ1n) is 9.52. The first kappa shape index (κ1) is 19.8. The number of carbonyl (C=O) groups is 1. The quantitative estimate of drug-likeness (QED) is 0.423. The van der Waals surface area contributed by atoms with Gasteiger partial charge in [0.1, 0.15) is 10.7 Å². The standard InChI is InChI=1S/C23H14FN3O4S/c24-17-12-10-16(11-13-17)22(28)26-18-7-1-2-8-19(18)27(23(26)29)32(30,31)20-9-3-5-15-6-4-14-25-21(15)20/h1-14H. The number of nitrogens with zero attached hydrogens (tertiary/aromatic N) is 3. The van der Waals surface area contributed by atoms with Crippen molar-refractivity contribution in [3.63, 3.8) is 0 Å². The molecule has 0 N–H and O–H groups in total. The van der Waals surface area contributed by atoms with E-state index in [0.29, 0.717) is 9.36 Å². The van der Waals surface area contributed by atoms with Crippen LogP contribution in [0.15, 0.2) is 94.7 Å². The van der Waals surface area contributed by atoms with Crippen molar-refractivity contribution >= 4 is 37.9 Å². The zero-order valence-corrected chi connectivity index (χ0v) is 17.2. The molecule has 0 saturated heterocycles. The lowest BCUT2D eigenvalue weighted by molar-refractivity contribution is 0.0960. The van der Waals surface area contributed by atoms with Crippen LogP contribution in [0.1, 0.15) is 10.4 Å². The van der Waals surface area contributed by atoms with E-state index in [2.05, 4.69) is 4.98 Å². The molecular formula is C23H14FN3O4S. The van der Waals surface area contributed by atoms with Gasteiger partial charge in [0.25, 0.3) is 15.9 Å². The highest BCUT2D eigenvalue weighted by atomic mass is 32.2. The number of pyridine rings is 1. The molecule has 2 aromatic heterocycles. The second-order valence-corrected chi connectivity index (χ2v) is 8.77. The lowest BCUT2D eigenvalue weighted by Crippen LogP contribution is -2.33. The number of hydrogen-bond acceptors (Lipinski definition) is 5. The van der Waals surface area contributed by atoms with Crippen molar-refractivity contribution in [1.29, 1.82) is 0 Å². The number of carbonyl (C=O) groups excluding carboxylic acids is 1. The van der Waals surface area contributed by atoms with Gasteiger partial charge in [0, 0.05) is 17.1 Å². The maximum atomic E-state index is 13.6. The molecule has 0 bridgehead atoms. The van der Waals surface area contributed by atoms with E-state index in [4.69, 9.17) is 0 Å². The van der Waals surface area contributed by atoms with Gasteiger partial charge in [-0.05, 0) is 48.5 Å². The Balaban J connectivity index is 1.81. The van der Waals surface area contributed by atoms with E-state index in [-0.39, 0.29) is 27.0 Å². The number of rotatable bonds is 3. The fraction of sp³-hybridized carbons (Fsp3) is 0. The number of benzene rings is 3. The normalized spacial score (nSPS) is 11.8. The highest BCUT2D eigenvalue weighted by Gasteiger charge is 2.29. The minimum absolute atomic E-state index is 0.0422. The molecule has 9 heteroatoms. The first-order chi connectivity index (χ1) is 15.4. The Labute approximate surface area is 181 Å². The van der Waals surface area contributed by atoms with Crippen LogP contribution in [0.5, 0.6) is 0 Å². The molecule has 0 aliphatic carbocycles. The van der Waals surface area contributed by atoms with Gasteiger partial charge in [-0.2, -0.15) is 3.97 Å². The fourth-order valence-electron chi connectivity index (χ4n) is 3.65. The summed E-state index contributed by atoms with van der Waals surface area (Å²) in [6, 6.07) is 18.8. The average Bonchev–Trinajstić information content (AvgIpc) is 3.11. The molecule has 7 nitrogen and oxygen atoms in total. The molecule has 0 radical (unpaired) electrons. The predicted octanol–water partition coefficient (Wildman–Crippen LogP) is 3.42. The molecule has 5 aromatic rings. The second-order valence-electron chi connectivity index (χ2n) is 7.02. The lowest BCUT2D eigenvalue weighted by Gasteiger charge is -2.08. The smallest absolute Gasteiger partial charge is 0.268 e. The number of aromatic nitrogens is 3. The van der Waals surface area contributed by atoms with Crippen LogP contribution in [0.25, 0.3) is 21.9 Å². The van der Waals surface area contributed by atoms with E-state index in [1.54, 1.807) is 36.4 Å². The Hall–Kier alpha value is -4.11. The fourth-order valence-corrected chi connectivity index (χ4v) is 5.22. The summed E-state index contributed by atoms with van der Waals surface area (Å²) in [7, 11) is -4.42. The molecule has 0 fully saturated rings. The van der Waals surface area contributed by atoms with Gasteiger partial charge in [-0.3, -0.25) is 9.78 Å². The topological polar surface area (TPSA) is 91.0 Å². The van der Waals surface area contributed by atoms with E-state index >= 15 is 0 Å². The molecule has 2 heterocycles. The van der Waals surface area contributed by atoms with Gasteiger partial charge < -0.3 is 0 Å². The van der Waals surface area contributed by atoms with Crippen molar-refractivity contribution in [2.45, 2.75) is 4.90 Å². The molecule has 0 aliphatic rings. The summed E-state index contributed by atoms with van der Waals surface area (Å²) in [4.78, 5) is 30.5. The van der Waals surface area contributed by atoms with E-state index in [0.717, 1.165) is 16.7 Å². The summed E-state index contributed by atoms with van der Waals surface area (Å²) in [5.41, 5.74) is -0.637. The summed E-state index contributed by atoms with van der Waals surface area (Å²) in [6.07, 6.45) is 1.46. The van der Waals surface area contributed by atoms with Crippen molar-refractivity contribution < 1.29 is 17.6 Å². The molecule has 0 saturated carbocycles. The average molecular weight is 447 g/mol. The van der Waals surface area contributed by atoms with Crippen molar-refractivity contribution in [2.75, 3.05) is 0 Å². The minimum Gasteiger partial charge on any atom is -0.268 e. The Bertz CT molecular complexity index is 1680. The second kappa shape index (κ2) is 7.24. The maximum absolute atomic E-state index is 13.6. The molecule has 0 aliphatic heterocycles. The highest BCUT2D eigenvalue weighted by Crippen LogP contribution is 2.25. The Morgan fingerprint density at radius 1 is 0.844 bits per heavy atom. The third-order valence-electron chi connectivity index (χ3n) is 5.11. The molecule has 0 spiro atoms. The number of halogens is 1. The summed E-state index contributed by atoms with van der Waals surface area (Å²) in [5, 5.41) is 0.591. The third-order valence-corrected chi connectivity index (χ3v) is 6.83. The predicted molar refractivity (Wildman–Crippen MR) is 117 cm³/mol. The summed E-state index contributed by atoms with van der Waals surface area (Å²) in [5.74, 6) is -1.31. The van der Waals surface area contributed by atoms with Crippen LogP contribution < -0.4 is 5.69 Å². The van der Waals surface area contributed by atoms with Gasteiger partial charge in [-0.1, -0.05) is 30.3 Å². The van der Waals surface area contributed by atoms with Gasteiger partial charge in [-0.25, -0.2) is 22.2 Å². The lowest BCUT2D eigenvalue weighted by atomic mass is 10.2. The molecular weight excluding hydrogens is 433 g/mol. The van der Waals surface area contributed by atoms with Gasteiger partial charge in [0.15, 0.2) is 0 Å². The van der Waals surface area contributed by atoms with Crippen LogP contribution in [0.3, 0.4) is 0 Å². The number of para-hydroxylation sites is 3. The molecule has 0 atom stereocenters. The monoisotopic (exact) mass is 447 g/mol. The largest absolute Gasteiger partial charge is 0.350 e. The van der Waals surface area contributed by atoms with Crippen molar-refractivity contribution in [2.24, 2.45) is 0 Å². The Morgan fingerprint density at radius 2 is 1.53 bits per heavy atom. The maximum Gasteiger partial charge on any atom is 0.350 e. The highest BCUT2D eigenvalue weighted by molar-refractivity contribution is 7.90. The number of imidazole rings is 1. The van der Waals surface area contributed by atoms with E-state index < -0.39 is 27.4 Å². The minimum atomic E-state index is -4.42. The zero-order chi connectivity index (χ0) is 22.5. The van der Waals surface area contributed by atoms with Gasteiger partial charge >= 0.3 is 5.69 Å². The summed E-state index contributed by atoms with van der Waals surface area (Å²) >= 11 is 0. The molecule has 0 amide bonds. The van der Waals surface area contributed by atoms with E-state index in [9.17, 15) is 22.4 Å². The first-order valence-corrected chi connectivity index (χ1v) is 11.0. The van der Waals surface area contributed by atoms with Gasteiger partial charge in [0.2, 0.25) is 0 Å². The molecule has 32 heavy (non-hydrogen) atoms. The van der Waals surface area contributed by atoms with Crippen LogP contribution in [0.4, 0.5) is 4.39 Å². The van der Waals surface area contributed by atoms with Crippen LogP contribution in [0, 0.1) is 5.82 Å². The van der Waals surface area contributed by atoms with Gasteiger partial charge in [-0.15, -0.1) is 0 Å². The van der Waals surface area contributed by atoms with E-state index in [1.807, 2.05) is 0 Å². The third kappa shape index (κ3) is 2.94. The molecule has 3 aromatic carbocycles. The SMILES string of the molecule is O=C(c1ccc(F)cc1)n1c(=O)n(S(=O)(=O)c2cccc3cccnc23)c2ccccc21. The zero-order valence-electron chi connectivity index (χ0n) is 16.3. The van der Waals surface area contributed by atoms with Crippen LogP contribution in [0.2, 0.25) is 0 Å². The van der Waals surface area contributed by atoms with Crippen LogP contribution >= 0.6 is 0 Å². The van der Waals surface area contributed by atoms with E-state index in [1.165, 1.54) is 36.5 Å². The summed E-state index contributed by atoms with van der Waals surface area (Å²) < 4.78 is 42.0. The molecule has 0 unspecified atom stereocenters. The van der Waals surface area contributed by atoms with Crippen molar-refractivity contribution in [3.05, 3.63) is 107 Å². The number of fused-ring (bicyclic) bond motifs is 2. The Kier molecular flexibility index (Phi) is 4.49. The molecule has 158 valence electrons. The van der Waals surface area contributed by atoms with Gasteiger partial charge in [0.05, 0.1) is 16.6 Å². The Morgan fingerprint density at radius 3 is 2.28 bits per heavy atom. The van der Waals surface area contributed by atoms with Crippen LogP contribution in [-0.2, 0) is 10.0 Å². The van der Waals surface area contributed by atoms with Crippen LogP contribution in [-0.4, -0.2) is 27.8 Å². The molecule has 5 rings (SSSR count). The van der Waals surface area contributed by atoms with Crippen molar-refractivity contribution in [3.8, 4) is 0 Å². The number of hydrogen-bond donors (Lipinski definition) is 0.